The van der Waals surface area contributed by atoms with Crippen LogP contribution in [0.4, 0.5) is 5.69 Å². The average Bonchev–Trinajstić information content (AvgIpc) is 2.67. The lowest BCUT2D eigenvalue weighted by Crippen LogP contribution is -2.05. The van der Waals surface area contributed by atoms with Crippen LogP contribution in [0.15, 0.2) is 24.4 Å². The quantitative estimate of drug-likeness (QED) is 0.878. The normalized spacial score (nSPS) is 10.4. The molecule has 96 valence electrons. The third-order valence-electron chi connectivity index (χ3n) is 2.60. The van der Waals surface area contributed by atoms with Crippen LogP contribution in [0.2, 0.25) is 0 Å². The van der Waals surface area contributed by atoms with Gasteiger partial charge in [0.05, 0.1) is 36.4 Å². The van der Waals surface area contributed by atoms with Gasteiger partial charge in [-0.1, -0.05) is 0 Å². The molecule has 0 saturated heterocycles. The molecule has 2 heterocycles. The molecular weight excluding hydrogens is 228 g/mol. The van der Waals surface area contributed by atoms with Crippen molar-refractivity contribution in [3.8, 4) is 5.88 Å². The second-order valence-corrected chi connectivity index (χ2v) is 4.07. The minimum absolute atomic E-state index is 0.633. The van der Waals surface area contributed by atoms with E-state index in [2.05, 4.69) is 21.5 Å². The molecule has 0 aliphatic carbocycles. The van der Waals surface area contributed by atoms with Gasteiger partial charge < -0.3 is 10.1 Å². The van der Waals surface area contributed by atoms with Gasteiger partial charge in [-0.3, -0.25) is 4.68 Å². The number of ether oxygens (including phenoxy) is 1. The second kappa shape index (κ2) is 5.53. The van der Waals surface area contributed by atoms with E-state index in [0.717, 1.165) is 23.6 Å². The number of aromatic nitrogens is 3. The summed E-state index contributed by atoms with van der Waals surface area (Å²) in [6.45, 7) is 5.29. The van der Waals surface area contributed by atoms with Crippen LogP contribution in [0.25, 0.3) is 0 Å². The molecule has 2 aromatic heterocycles. The molecule has 5 heteroatoms. The van der Waals surface area contributed by atoms with Crippen molar-refractivity contribution in [2.75, 3.05) is 11.9 Å². The Morgan fingerprint density at radius 1 is 1.39 bits per heavy atom. The summed E-state index contributed by atoms with van der Waals surface area (Å²) in [5.74, 6) is 0.652. The molecule has 2 aromatic rings. The van der Waals surface area contributed by atoms with Crippen LogP contribution in [-0.4, -0.2) is 21.4 Å². The predicted octanol–water partition coefficient (Wildman–Crippen LogP) is 2.13. The van der Waals surface area contributed by atoms with Crippen LogP contribution in [0.1, 0.15) is 18.3 Å². The number of rotatable bonds is 5. The molecule has 2 rings (SSSR count). The Morgan fingerprint density at radius 3 is 2.78 bits per heavy atom. The first kappa shape index (κ1) is 12.4. The minimum atomic E-state index is 0.633. The zero-order valence-electron chi connectivity index (χ0n) is 11.0. The third-order valence-corrected chi connectivity index (χ3v) is 2.60. The molecule has 0 saturated carbocycles. The Bertz CT molecular complexity index is 504. The highest BCUT2D eigenvalue weighted by atomic mass is 16.5. The summed E-state index contributed by atoms with van der Waals surface area (Å²) in [7, 11) is 1.94. The fraction of sp³-hybridized carbons (Fsp3) is 0.385. The molecule has 0 amide bonds. The smallest absolute Gasteiger partial charge is 0.213 e. The van der Waals surface area contributed by atoms with Gasteiger partial charge in [0.15, 0.2) is 0 Å². The summed E-state index contributed by atoms with van der Waals surface area (Å²) in [5.41, 5.74) is 3.14. The summed E-state index contributed by atoms with van der Waals surface area (Å²) in [6, 6.07) is 5.89. The van der Waals surface area contributed by atoms with Crippen molar-refractivity contribution in [2.45, 2.75) is 20.4 Å². The van der Waals surface area contributed by atoms with Crippen molar-refractivity contribution >= 4 is 5.69 Å². The van der Waals surface area contributed by atoms with E-state index in [-0.39, 0.29) is 0 Å². The lowest BCUT2D eigenvalue weighted by atomic mass is 10.3. The second-order valence-electron chi connectivity index (χ2n) is 4.07. The minimum Gasteiger partial charge on any atom is -0.478 e. The van der Waals surface area contributed by atoms with E-state index in [4.69, 9.17) is 4.74 Å². The Hall–Kier alpha value is -2.04. The molecule has 0 aliphatic heterocycles. The number of aryl methyl sites for hydroxylation is 2. The fourth-order valence-corrected chi connectivity index (χ4v) is 1.74. The van der Waals surface area contributed by atoms with Gasteiger partial charge in [-0.2, -0.15) is 5.10 Å². The number of pyridine rings is 1. The highest BCUT2D eigenvalue weighted by Crippen LogP contribution is 2.13. The number of hydrogen-bond acceptors (Lipinski definition) is 4. The molecule has 0 aliphatic rings. The zero-order chi connectivity index (χ0) is 13.0. The fourth-order valence-electron chi connectivity index (χ4n) is 1.74. The van der Waals surface area contributed by atoms with E-state index in [1.165, 1.54) is 0 Å². The van der Waals surface area contributed by atoms with Gasteiger partial charge >= 0.3 is 0 Å². The molecule has 1 N–H and O–H groups in total. The standard InChI is InChI=1S/C13H18N4O/c1-4-18-13-6-5-11(8-15-13)14-9-12-7-10(2)16-17(12)3/h5-8,14H,4,9H2,1-3H3. The van der Waals surface area contributed by atoms with Crippen LogP contribution in [-0.2, 0) is 13.6 Å². The number of nitrogens with zero attached hydrogens (tertiary/aromatic N) is 3. The van der Waals surface area contributed by atoms with Crippen molar-refractivity contribution in [1.29, 1.82) is 0 Å². The van der Waals surface area contributed by atoms with Crippen LogP contribution >= 0.6 is 0 Å². The maximum absolute atomic E-state index is 5.29. The molecule has 0 unspecified atom stereocenters. The average molecular weight is 246 g/mol. The van der Waals surface area contributed by atoms with E-state index in [1.54, 1.807) is 6.20 Å². The Balaban J connectivity index is 1.95. The molecule has 0 fully saturated rings. The SMILES string of the molecule is CCOc1ccc(NCc2cc(C)nn2C)cn1. The van der Waals surface area contributed by atoms with Crippen molar-refractivity contribution in [2.24, 2.45) is 7.05 Å². The van der Waals surface area contributed by atoms with Crippen molar-refractivity contribution in [1.82, 2.24) is 14.8 Å². The Labute approximate surface area is 107 Å². The summed E-state index contributed by atoms with van der Waals surface area (Å²) in [6.07, 6.45) is 1.77. The van der Waals surface area contributed by atoms with E-state index in [1.807, 2.05) is 37.7 Å². The first-order chi connectivity index (χ1) is 8.69. The summed E-state index contributed by atoms with van der Waals surface area (Å²) >= 11 is 0. The third kappa shape index (κ3) is 3.00. The summed E-state index contributed by atoms with van der Waals surface area (Å²) < 4.78 is 7.17. The lowest BCUT2D eigenvalue weighted by molar-refractivity contribution is 0.327. The van der Waals surface area contributed by atoms with E-state index < -0.39 is 0 Å². The molecule has 0 bridgehead atoms. The van der Waals surface area contributed by atoms with Gasteiger partial charge in [0.1, 0.15) is 0 Å². The highest BCUT2D eigenvalue weighted by Gasteiger charge is 2.02. The monoisotopic (exact) mass is 246 g/mol. The van der Waals surface area contributed by atoms with E-state index in [9.17, 15) is 0 Å². The molecule has 5 nitrogen and oxygen atoms in total. The van der Waals surface area contributed by atoms with Crippen LogP contribution in [0.3, 0.4) is 0 Å². The van der Waals surface area contributed by atoms with Gasteiger partial charge in [-0.15, -0.1) is 0 Å². The first-order valence-electron chi connectivity index (χ1n) is 6.01. The van der Waals surface area contributed by atoms with E-state index in [0.29, 0.717) is 12.5 Å². The largest absolute Gasteiger partial charge is 0.478 e. The topological polar surface area (TPSA) is 52.0 Å². The summed E-state index contributed by atoms with van der Waals surface area (Å²) in [4.78, 5) is 4.20. The Morgan fingerprint density at radius 2 is 2.22 bits per heavy atom. The predicted molar refractivity (Wildman–Crippen MR) is 70.7 cm³/mol. The van der Waals surface area contributed by atoms with Crippen molar-refractivity contribution in [3.63, 3.8) is 0 Å². The maximum Gasteiger partial charge on any atom is 0.213 e. The van der Waals surface area contributed by atoms with Crippen molar-refractivity contribution < 1.29 is 4.74 Å². The van der Waals surface area contributed by atoms with Gasteiger partial charge in [-0.25, -0.2) is 4.98 Å². The Kier molecular flexibility index (Phi) is 3.82. The van der Waals surface area contributed by atoms with Crippen molar-refractivity contribution in [3.05, 3.63) is 35.8 Å². The maximum atomic E-state index is 5.29. The van der Waals surface area contributed by atoms with Crippen LogP contribution in [0, 0.1) is 6.92 Å². The van der Waals surface area contributed by atoms with Gasteiger partial charge in [0.2, 0.25) is 5.88 Å². The van der Waals surface area contributed by atoms with Crippen LogP contribution in [0.5, 0.6) is 5.88 Å². The zero-order valence-corrected chi connectivity index (χ0v) is 11.0. The highest BCUT2D eigenvalue weighted by molar-refractivity contribution is 5.42. The van der Waals surface area contributed by atoms with Gasteiger partial charge in [0.25, 0.3) is 0 Å². The molecule has 0 atom stereocenters. The number of anilines is 1. The molecule has 18 heavy (non-hydrogen) atoms. The molecular formula is C13H18N4O. The number of nitrogens with one attached hydrogen (secondary N) is 1. The lowest BCUT2D eigenvalue weighted by Gasteiger charge is -2.07. The first-order valence-corrected chi connectivity index (χ1v) is 6.01. The van der Waals surface area contributed by atoms with Gasteiger partial charge in [0, 0.05) is 13.1 Å². The van der Waals surface area contributed by atoms with Crippen LogP contribution < -0.4 is 10.1 Å². The molecule has 0 aromatic carbocycles. The van der Waals surface area contributed by atoms with Gasteiger partial charge in [-0.05, 0) is 26.0 Å². The number of hydrogen-bond donors (Lipinski definition) is 1. The van der Waals surface area contributed by atoms with E-state index >= 15 is 0 Å². The molecule has 0 radical (unpaired) electrons. The molecule has 0 spiro atoms. The summed E-state index contributed by atoms with van der Waals surface area (Å²) in [5, 5.41) is 7.61.